The van der Waals surface area contributed by atoms with Gasteiger partial charge in [-0.15, -0.1) is 5.10 Å². The Morgan fingerprint density at radius 1 is 1.04 bits per heavy atom. The monoisotopic (exact) mass is 367 g/mol. The smallest absolute Gasteiger partial charge is 0.315 e. The van der Waals surface area contributed by atoms with Crippen LogP contribution in [0.5, 0.6) is 17.5 Å². The van der Waals surface area contributed by atoms with Gasteiger partial charge >= 0.3 is 6.01 Å². The molecule has 1 saturated carbocycles. The van der Waals surface area contributed by atoms with E-state index in [0.717, 1.165) is 24.1 Å². The molecule has 1 aliphatic carbocycles. The van der Waals surface area contributed by atoms with Crippen LogP contribution < -0.4 is 4.90 Å². The third-order valence-electron chi connectivity index (χ3n) is 4.71. The molecule has 0 spiro atoms. The van der Waals surface area contributed by atoms with Gasteiger partial charge in [-0.3, -0.25) is 4.57 Å². The summed E-state index contributed by atoms with van der Waals surface area (Å²) in [7, 11) is 3.94. The molecule has 0 amide bonds. The highest BCUT2D eigenvalue weighted by Gasteiger charge is 2.30. The van der Waals surface area contributed by atoms with Gasteiger partial charge < -0.3 is 20.2 Å². The fourth-order valence-electron chi connectivity index (χ4n) is 3.03. The second kappa shape index (κ2) is 6.46. The zero-order chi connectivity index (χ0) is 19.1. The van der Waals surface area contributed by atoms with Crippen molar-refractivity contribution in [1.82, 2.24) is 19.7 Å². The molecular weight excluding hydrogens is 346 g/mol. The molecule has 1 aromatic carbocycles. The molecule has 2 heterocycles. The summed E-state index contributed by atoms with van der Waals surface area (Å²) in [6, 6.07) is 8.90. The number of aromatic nitrogens is 4. The number of pyridine rings is 1. The van der Waals surface area contributed by atoms with Crippen molar-refractivity contribution in [2.75, 3.05) is 19.0 Å². The van der Waals surface area contributed by atoms with E-state index in [1.165, 1.54) is 10.6 Å². The maximum absolute atomic E-state index is 10.3. The van der Waals surface area contributed by atoms with Crippen LogP contribution in [0.25, 0.3) is 11.5 Å². The summed E-state index contributed by atoms with van der Waals surface area (Å²) >= 11 is 0. The lowest BCUT2D eigenvalue weighted by molar-refractivity contribution is 0.404. The van der Waals surface area contributed by atoms with Crippen molar-refractivity contribution in [3.8, 4) is 29.0 Å². The fourth-order valence-corrected chi connectivity index (χ4v) is 3.03. The van der Waals surface area contributed by atoms with Gasteiger partial charge in [0.05, 0.1) is 12.2 Å². The molecular formula is C19H21N5O3. The molecule has 1 aliphatic rings. The van der Waals surface area contributed by atoms with E-state index in [4.69, 9.17) is 0 Å². The summed E-state index contributed by atoms with van der Waals surface area (Å²) in [4.78, 5) is 6.42. The first kappa shape index (κ1) is 17.1. The van der Waals surface area contributed by atoms with Crippen molar-refractivity contribution in [2.24, 2.45) is 0 Å². The summed E-state index contributed by atoms with van der Waals surface area (Å²) in [5, 5.41) is 38.2. The molecule has 2 aromatic heterocycles. The van der Waals surface area contributed by atoms with Gasteiger partial charge in [0.1, 0.15) is 11.5 Å². The van der Waals surface area contributed by atoms with Gasteiger partial charge in [-0.1, -0.05) is 17.2 Å². The van der Waals surface area contributed by atoms with Crippen molar-refractivity contribution in [3.05, 3.63) is 41.6 Å². The molecule has 0 radical (unpaired) electrons. The Hall–Kier alpha value is -3.29. The zero-order valence-corrected chi connectivity index (χ0v) is 15.2. The Labute approximate surface area is 156 Å². The van der Waals surface area contributed by atoms with Crippen LogP contribution in [0.4, 0.5) is 5.69 Å². The predicted molar refractivity (Wildman–Crippen MR) is 100 cm³/mol. The van der Waals surface area contributed by atoms with Crippen LogP contribution in [0, 0.1) is 0 Å². The van der Waals surface area contributed by atoms with Gasteiger partial charge in [0.15, 0.2) is 11.5 Å². The first-order valence-corrected chi connectivity index (χ1v) is 8.75. The third-order valence-corrected chi connectivity index (χ3v) is 4.71. The highest BCUT2D eigenvalue weighted by molar-refractivity contribution is 5.62. The number of benzene rings is 1. The first-order valence-electron chi connectivity index (χ1n) is 8.75. The van der Waals surface area contributed by atoms with Gasteiger partial charge in [0, 0.05) is 31.8 Å². The minimum atomic E-state index is -0.260. The summed E-state index contributed by atoms with van der Waals surface area (Å²) in [6.07, 6.45) is 1.92. The van der Waals surface area contributed by atoms with Crippen molar-refractivity contribution < 1.29 is 15.3 Å². The normalized spacial score (nSPS) is 13.7. The molecule has 1 fully saturated rings. The molecule has 140 valence electrons. The highest BCUT2D eigenvalue weighted by atomic mass is 16.3. The lowest BCUT2D eigenvalue weighted by atomic mass is 10.1. The SMILES string of the molecule is CN(C)c1ccc(Cn2c(O)nnc2-c2nc(C3CC3)c(O)cc2O)cc1. The van der Waals surface area contributed by atoms with E-state index in [0.29, 0.717) is 12.2 Å². The zero-order valence-electron chi connectivity index (χ0n) is 15.2. The molecule has 8 nitrogen and oxygen atoms in total. The van der Waals surface area contributed by atoms with Crippen LogP contribution in [0.2, 0.25) is 0 Å². The molecule has 0 atom stereocenters. The van der Waals surface area contributed by atoms with E-state index in [2.05, 4.69) is 15.2 Å². The average Bonchev–Trinajstić information content (AvgIpc) is 3.41. The number of anilines is 1. The predicted octanol–water partition coefficient (Wildman–Crippen LogP) is 2.45. The fraction of sp³-hybridized carbons (Fsp3) is 0.316. The van der Waals surface area contributed by atoms with Crippen molar-refractivity contribution in [3.63, 3.8) is 0 Å². The Kier molecular flexibility index (Phi) is 4.10. The van der Waals surface area contributed by atoms with E-state index in [1.54, 1.807) is 0 Å². The molecule has 0 unspecified atom stereocenters. The van der Waals surface area contributed by atoms with Crippen LogP contribution in [-0.2, 0) is 6.54 Å². The van der Waals surface area contributed by atoms with E-state index in [9.17, 15) is 15.3 Å². The molecule has 8 heteroatoms. The third kappa shape index (κ3) is 3.25. The highest BCUT2D eigenvalue weighted by Crippen LogP contribution is 2.45. The standard InChI is InChI=1S/C19H21N5O3/c1-23(2)13-7-3-11(4-8-13)10-24-18(21-22-19(24)27)17-15(26)9-14(25)16(20-17)12-5-6-12/h3-4,7-9,12,25-26H,5-6,10H2,1-2H3,(H,22,27). The van der Waals surface area contributed by atoms with Crippen molar-refractivity contribution in [1.29, 1.82) is 0 Å². The largest absolute Gasteiger partial charge is 0.506 e. The molecule has 4 rings (SSSR count). The minimum Gasteiger partial charge on any atom is -0.506 e. The van der Waals surface area contributed by atoms with Gasteiger partial charge in [0.2, 0.25) is 0 Å². The molecule has 27 heavy (non-hydrogen) atoms. The molecule has 3 N–H and O–H groups in total. The number of hydrogen-bond acceptors (Lipinski definition) is 7. The average molecular weight is 367 g/mol. The van der Waals surface area contributed by atoms with Gasteiger partial charge in [-0.25, -0.2) is 4.98 Å². The lowest BCUT2D eigenvalue weighted by Gasteiger charge is -2.14. The summed E-state index contributed by atoms with van der Waals surface area (Å²) < 4.78 is 1.49. The van der Waals surface area contributed by atoms with E-state index in [1.807, 2.05) is 43.3 Å². The number of aromatic hydroxyl groups is 3. The molecule has 0 saturated heterocycles. The van der Waals surface area contributed by atoms with Crippen LogP contribution >= 0.6 is 0 Å². The van der Waals surface area contributed by atoms with Gasteiger partial charge in [0.25, 0.3) is 0 Å². The summed E-state index contributed by atoms with van der Waals surface area (Å²) in [6.45, 7) is 0.322. The van der Waals surface area contributed by atoms with E-state index in [-0.39, 0.29) is 34.9 Å². The van der Waals surface area contributed by atoms with Crippen LogP contribution in [0.3, 0.4) is 0 Å². The second-order valence-corrected chi connectivity index (χ2v) is 7.01. The van der Waals surface area contributed by atoms with Crippen LogP contribution in [-0.4, -0.2) is 49.2 Å². The Morgan fingerprint density at radius 2 is 1.74 bits per heavy atom. The number of hydrogen-bond donors (Lipinski definition) is 3. The van der Waals surface area contributed by atoms with E-state index < -0.39 is 0 Å². The maximum Gasteiger partial charge on any atom is 0.315 e. The van der Waals surface area contributed by atoms with Gasteiger partial charge in [-0.2, -0.15) is 0 Å². The van der Waals surface area contributed by atoms with Crippen LogP contribution in [0.1, 0.15) is 30.0 Å². The van der Waals surface area contributed by atoms with E-state index >= 15 is 0 Å². The maximum atomic E-state index is 10.3. The molecule has 3 aromatic rings. The first-order chi connectivity index (χ1) is 12.9. The topological polar surface area (TPSA) is 108 Å². The number of nitrogens with zero attached hydrogens (tertiary/aromatic N) is 5. The Morgan fingerprint density at radius 3 is 2.37 bits per heavy atom. The van der Waals surface area contributed by atoms with Gasteiger partial charge in [-0.05, 0) is 30.5 Å². The Bertz CT molecular complexity index is 978. The second-order valence-electron chi connectivity index (χ2n) is 7.01. The quantitative estimate of drug-likeness (QED) is 0.636. The Balaban J connectivity index is 1.71. The molecule has 0 aliphatic heterocycles. The van der Waals surface area contributed by atoms with Crippen LogP contribution in [0.15, 0.2) is 30.3 Å². The summed E-state index contributed by atoms with van der Waals surface area (Å²) in [5.74, 6) is 0.235. The van der Waals surface area contributed by atoms with Crippen molar-refractivity contribution in [2.45, 2.75) is 25.3 Å². The number of rotatable bonds is 5. The summed E-state index contributed by atoms with van der Waals surface area (Å²) in [5.41, 5.74) is 2.76. The van der Waals surface area contributed by atoms with Crippen molar-refractivity contribution >= 4 is 5.69 Å². The molecule has 0 bridgehead atoms. The lowest BCUT2D eigenvalue weighted by Crippen LogP contribution is -2.09. The minimum absolute atomic E-state index is 0.0201.